The van der Waals surface area contributed by atoms with Crippen molar-refractivity contribution in [3.05, 3.63) is 59.7 Å². The van der Waals surface area contributed by atoms with E-state index in [1.165, 1.54) is 19.3 Å². The van der Waals surface area contributed by atoms with Crippen molar-refractivity contribution in [1.82, 2.24) is 0 Å². The number of esters is 1. The second-order valence-electron chi connectivity index (χ2n) is 7.09. The summed E-state index contributed by atoms with van der Waals surface area (Å²) in [7, 11) is 1.54. The first-order valence-corrected chi connectivity index (χ1v) is 10.1. The van der Waals surface area contributed by atoms with Gasteiger partial charge in [0.1, 0.15) is 5.75 Å². The van der Waals surface area contributed by atoms with Gasteiger partial charge in [-0.15, -0.1) is 0 Å². The zero-order valence-electron chi connectivity index (χ0n) is 17.9. The third-order valence-corrected chi connectivity index (χ3v) is 4.82. The quantitative estimate of drug-likeness (QED) is 0.497. The monoisotopic (exact) mass is 464 g/mol. The molecule has 1 aliphatic rings. The molecule has 0 unspecified atom stereocenters. The maximum atomic E-state index is 13.2. The highest BCUT2D eigenvalue weighted by Crippen LogP contribution is 2.35. The van der Waals surface area contributed by atoms with Crippen molar-refractivity contribution in [2.24, 2.45) is 0 Å². The molecule has 0 radical (unpaired) electrons. The molecule has 1 amide bonds. The molecule has 3 rings (SSSR count). The fourth-order valence-corrected chi connectivity index (χ4v) is 3.14. The number of hydrogen-bond acceptors (Lipinski definition) is 6. The molecule has 1 N–H and O–H groups in total. The van der Waals surface area contributed by atoms with Crippen LogP contribution in [0.4, 0.5) is 24.5 Å². The molecule has 0 aromatic heterocycles. The van der Waals surface area contributed by atoms with E-state index >= 15 is 0 Å². The van der Waals surface area contributed by atoms with Gasteiger partial charge in [0.15, 0.2) is 6.61 Å². The molecule has 1 heterocycles. The molecule has 0 spiro atoms. The number of alkyl halides is 3. The van der Waals surface area contributed by atoms with Crippen LogP contribution in [0.25, 0.3) is 6.08 Å². The average molecular weight is 464 g/mol. The van der Waals surface area contributed by atoms with E-state index in [1.807, 2.05) is 4.90 Å². The number of nitrogens with zero attached hydrogens (tertiary/aromatic N) is 1. The summed E-state index contributed by atoms with van der Waals surface area (Å²) in [5.74, 6) is -0.856. The molecule has 0 atom stereocenters. The Kier molecular flexibility index (Phi) is 7.94. The number of carbonyl (C=O) groups excluding carboxylic acids is 2. The molecule has 7 nitrogen and oxygen atoms in total. The number of ether oxygens (including phenoxy) is 3. The smallest absolute Gasteiger partial charge is 0.416 e. The highest BCUT2D eigenvalue weighted by molar-refractivity contribution is 5.97. The van der Waals surface area contributed by atoms with Crippen molar-refractivity contribution in [3.63, 3.8) is 0 Å². The molecule has 2 aromatic rings. The maximum absolute atomic E-state index is 13.2. The van der Waals surface area contributed by atoms with E-state index in [1.54, 1.807) is 24.3 Å². The van der Waals surface area contributed by atoms with Crippen molar-refractivity contribution < 1.29 is 37.0 Å². The van der Waals surface area contributed by atoms with Crippen LogP contribution < -0.4 is 15.0 Å². The minimum atomic E-state index is -4.57. The van der Waals surface area contributed by atoms with Gasteiger partial charge in [0.05, 0.1) is 37.3 Å². The van der Waals surface area contributed by atoms with Gasteiger partial charge in [-0.3, -0.25) is 4.79 Å². The normalized spacial score (nSPS) is 14.2. The van der Waals surface area contributed by atoms with E-state index in [0.29, 0.717) is 37.7 Å². The molecule has 0 bridgehead atoms. The Hall–Kier alpha value is -3.53. The summed E-state index contributed by atoms with van der Waals surface area (Å²) < 4.78 is 54.7. The lowest BCUT2D eigenvalue weighted by molar-refractivity contribution is -0.142. The Balaban J connectivity index is 1.63. The number of anilines is 2. The average Bonchev–Trinajstić information content (AvgIpc) is 2.81. The number of hydrogen-bond donors (Lipinski definition) is 1. The number of amides is 1. The zero-order chi connectivity index (χ0) is 23.8. The van der Waals surface area contributed by atoms with Gasteiger partial charge < -0.3 is 24.4 Å². The van der Waals surface area contributed by atoms with Gasteiger partial charge in [-0.2, -0.15) is 13.2 Å². The standard InChI is InChI=1S/C23H23F3N2O5/c1-31-18-6-2-16(3-7-18)4-9-22(30)33-15-21(29)27-19-14-17(23(24,25)26)5-8-20(19)28-10-12-32-13-11-28/h2-9,14H,10-13,15H2,1H3,(H,27,29)/b9-4+. The fourth-order valence-electron chi connectivity index (χ4n) is 3.14. The summed E-state index contributed by atoms with van der Waals surface area (Å²) in [4.78, 5) is 26.0. The molecular formula is C23H23F3N2O5. The minimum absolute atomic E-state index is 0.0125. The Morgan fingerprint density at radius 3 is 2.45 bits per heavy atom. The van der Waals surface area contributed by atoms with Gasteiger partial charge in [0.2, 0.25) is 0 Å². The van der Waals surface area contributed by atoms with Crippen LogP contribution in [0.15, 0.2) is 48.5 Å². The summed E-state index contributed by atoms with van der Waals surface area (Å²) in [6.45, 7) is 1.14. The molecule has 10 heteroatoms. The van der Waals surface area contributed by atoms with Crippen LogP contribution in [-0.2, 0) is 25.2 Å². The lowest BCUT2D eigenvalue weighted by atomic mass is 10.1. The van der Waals surface area contributed by atoms with E-state index in [0.717, 1.165) is 23.8 Å². The molecule has 0 saturated carbocycles. The molecule has 0 aliphatic carbocycles. The number of rotatable bonds is 7. The van der Waals surface area contributed by atoms with Gasteiger partial charge in [0, 0.05) is 19.2 Å². The van der Waals surface area contributed by atoms with Crippen molar-refractivity contribution in [1.29, 1.82) is 0 Å². The van der Waals surface area contributed by atoms with E-state index in [2.05, 4.69) is 5.32 Å². The largest absolute Gasteiger partial charge is 0.497 e. The lowest BCUT2D eigenvalue weighted by Gasteiger charge is -2.31. The molecule has 1 aliphatic heterocycles. The number of nitrogens with one attached hydrogen (secondary N) is 1. The van der Waals surface area contributed by atoms with Crippen molar-refractivity contribution in [2.45, 2.75) is 6.18 Å². The third-order valence-electron chi connectivity index (χ3n) is 4.82. The van der Waals surface area contributed by atoms with Gasteiger partial charge in [-0.25, -0.2) is 4.79 Å². The SMILES string of the molecule is COc1ccc(/C=C/C(=O)OCC(=O)Nc2cc(C(F)(F)F)ccc2N2CCOCC2)cc1. The number of morpholine rings is 1. The number of carbonyl (C=O) groups is 2. The summed E-state index contributed by atoms with van der Waals surface area (Å²) >= 11 is 0. The second kappa shape index (κ2) is 10.9. The number of benzene rings is 2. The second-order valence-corrected chi connectivity index (χ2v) is 7.09. The van der Waals surface area contributed by atoms with Crippen LogP contribution >= 0.6 is 0 Å². The summed E-state index contributed by atoms with van der Waals surface area (Å²) in [6.07, 6.45) is -1.91. The van der Waals surface area contributed by atoms with Crippen LogP contribution in [0.1, 0.15) is 11.1 Å². The molecule has 2 aromatic carbocycles. The maximum Gasteiger partial charge on any atom is 0.416 e. The summed E-state index contributed by atoms with van der Waals surface area (Å²) in [5, 5.41) is 2.43. The minimum Gasteiger partial charge on any atom is -0.497 e. The Bertz CT molecular complexity index is 1000. The van der Waals surface area contributed by atoms with Crippen LogP contribution in [0.3, 0.4) is 0 Å². The van der Waals surface area contributed by atoms with Crippen molar-refractivity contribution in [2.75, 3.05) is 50.2 Å². The van der Waals surface area contributed by atoms with Gasteiger partial charge in [-0.05, 0) is 42.0 Å². The first-order chi connectivity index (χ1) is 15.8. The third kappa shape index (κ3) is 6.98. The Morgan fingerprint density at radius 1 is 1.12 bits per heavy atom. The zero-order valence-corrected chi connectivity index (χ0v) is 17.9. The van der Waals surface area contributed by atoms with E-state index in [4.69, 9.17) is 14.2 Å². The highest BCUT2D eigenvalue weighted by atomic mass is 19.4. The predicted octanol–water partition coefficient (Wildman–Crippen LogP) is 3.75. The van der Waals surface area contributed by atoms with Crippen LogP contribution in [0.2, 0.25) is 0 Å². The van der Waals surface area contributed by atoms with Crippen LogP contribution in [0, 0.1) is 0 Å². The Morgan fingerprint density at radius 2 is 1.82 bits per heavy atom. The van der Waals surface area contributed by atoms with Gasteiger partial charge in [-0.1, -0.05) is 12.1 Å². The lowest BCUT2D eigenvalue weighted by Crippen LogP contribution is -2.37. The van der Waals surface area contributed by atoms with Crippen LogP contribution in [0.5, 0.6) is 5.75 Å². The van der Waals surface area contributed by atoms with Gasteiger partial charge in [0.25, 0.3) is 5.91 Å². The summed E-state index contributed by atoms with van der Waals surface area (Å²) in [5.41, 5.74) is 0.248. The first-order valence-electron chi connectivity index (χ1n) is 10.1. The fraction of sp³-hybridized carbons (Fsp3) is 0.304. The van der Waals surface area contributed by atoms with E-state index in [9.17, 15) is 22.8 Å². The first kappa shape index (κ1) is 24.1. The highest BCUT2D eigenvalue weighted by Gasteiger charge is 2.32. The van der Waals surface area contributed by atoms with Crippen LogP contribution in [-0.4, -0.2) is 51.9 Å². The molecule has 176 valence electrons. The van der Waals surface area contributed by atoms with Crippen molar-refractivity contribution in [3.8, 4) is 5.75 Å². The molecule has 1 fully saturated rings. The van der Waals surface area contributed by atoms with Gasteiger partial charge >= 0.3 is 12.1 Å². The Labute approximate surface area is 188 Å². The molecule has 1 saturated heterocycles. The van der Waals surface area contributed by atoms with E-state index < -0.39 is 30.2 Å². The summed E-state index contributed by atoms with van der Waals surface area (Å²) in [6, 6.07) is 10.1. The predicted molar refractivity (Wildman–Crippen MR) is 116 cm³/mol. The number of methoxy groups -OCH3 is 1. The topological polar surface area (TPSA) is 77.1 Å². The van der Waals surface area contributed by atoms with E-state index in [-0.39, 0.29) is 5.69 Å². The number of halogens is 3. The van der Waals surface area contributed by atoms with Crippen molar-refractivity contribution >= 4 is 29.3 Å². The molecular weight excluding hydrogens is 441 g/mol. The molecule has 33 heavy (non-hydrogen) atoms.